The Kier molecular flexibility index (Phi) is 7.28. The van der Waals surface area contributed by atoms with Crippen molar-refractivity contribution in [2.75, 3.05) is 26.2 Å². The van der Waals surface area contributed by atoms with E-state index in [4.69, 9.17) is 5.11 Å². The first-order chi connectivity index (χ1) is 8.71. The summed E-state index contributed by atoms with van der Waals surface area (Å²) < 4.78 is 0. The van der Waals surface area contributed by atoms with E-state index in [-0.39, 0.29) is 12.5 Å². The lowest BCUT2D eigenvalue weighted by atomic mass is 9.90. The number of hydrogen-bond acceptors (Lipinski definition) is 3. The van der Waals surface area contributed by atoms with E-state index in [9.17, 15) is 4.79 Å². The van der Waals surface area contributed by atoms with Crippen LogP contribution in [0.15, 0.2) is 0 Å². The molecule has 2 N–H and O–H groups in total. The minimum atomic E-state index is 0.255. The molecular weight excluding hydrogens is 228 g/mol. The molecule has 4 heteroatoms. The van der Waals surface area contributed by atoms with Gasteiger partial charge < -0.3 is 15.3 Å². The molecule has 1 aliphatic rings. The van der Waals surface area contributed by atoms with Crippen molar-refractivity contribution in [2.24, 2.45) is 5.92 Å². The molecule has 1 aliphatic heterocycles. The van der Waals surface area contributed by atoms with Gasteiger partial charge in [-0.05, 0) is 38.1 Å². The topological polar surface area (TPSA) is 52.6 Å². The van der Waals surface area contributed by atoms with Gasteiger partial charge in [-0.2, -0.15) is 0 Å². The molecule has 0 aromatic heterocycles. The number of rotatable bonds is 7. The third kappa shape index (κ3) is 4.94. The lowest BCUT2D eigenvalue weighted by Gasteiger charge is -2.38. The quantitative estimate of drug-likeness (QED) is 0.723. The van der Waals surface area contributed by atoms with Crippen molar-refractivity contribution in [1.29, 1.82) is 0 Å². The van der Waals surface area contributed by atoms with Gasteiger partial charge in [-0.15, -0.1) is 0 Å². The molecule has 4 nitrogen and oxygen atoms in total. The van der Waals surface area contributed by atoms with Crippen molar-refractivity contribution < 1.29 is 9.90 Å². The Hall–Kier alpha value is -0.610. The summed E-state index contributed by atoms with van der Waals surface area (Å²) >= 11 is 0. The number of amides is 1. The molecule has 0 bridgehead atoms. The van der Waals surface area contributed by atoms with Crippen LogP contribution in [0.2, 0.25) is 0 Å². The first-order valence-corrected chi connectivity index (χ1v) is 7.33. The van der Waals surface area contributed by atoms with Gasteiger partial charge in [0.25, 0.3) is 0 Å². The molecule has 1 heterocycles. The summed E-state index contributed by atoms with van der Waals surface area (Å²) in [5, 5.41) is 12.4. The number of piperidine rings is 1. The fourth-order valence-corrected chi connectivity index (χ4v) is 2.80. The van der Waals surface area contributed by atoms with Gasteiger partial charge in [-0.25, -0.2) is 0 Å². The largest absolute Gasteiger partial charge is 0.396 e. The minimum absolute atomic E-state index is 0.255. The Balaban J connectivity index is 2.52. The lowest BCUT2D eigenvalue weighted by molar-refractivity contribution is -0.133. The number of likely N-dealkylation sites (N-methyl/N-ethyl adjacent to an activating group) is 1. The number of nitrogens with zero attached hydrogens (tertiary/aromatic N) is 1. The van der Waals surface area contributed by atoms with Gasteiger partial charge in [0, 0.05) is 32.2 Å². The van der Waals surface area contributed by atoms with Crippen molar-refractivity contribution in [3.8, 4) is 0 Å². The van der Waals surface area contributed by atoms with E-state index in [1.807, 2.05) is 11.8 Å². The number of aliphatic hydroxyl groups excluding tert-OH is 1. The lowest BCUT2D eigenvalue weighted by Crippen LogP contribution is -2.51. The molecule has 18 heavy (non-hydrogen) atoms. The number of carbonyl (C=O) groups excluding carboxylic acids is 1. The van der Waals surface area contributed by atoms with E-state index in [1.165, 1.54) is 0 Å². The fourth-order valence-electron chi connectivity index (χ4n) is 2.80. The van der Waals surface area contributed by atoms with Gasteiger partial charge in [0.2, 0.25) is 5.91 Å². The number of likely N-dealkylation sites (tertiary alicyclic amines) is 1. The summed E-state index contributed by atoms with van der Waals surface area (Å²) in [7, 11) is 0. The van der Waals surface area contributed by atoms with Crippen molar-refractivity contribution in [3.63, 3.8) is 0 Å². The van der Waals surface area contributed by atoms with Crippen molar-refractivity contribution in [3.05, 3.63) is 0 Å². The van der Waals surface area contributed by atoms with Gasteiger partial charge in [-0.1, -0.05) is 13.8 Å². The molecule has 0 aromatic rings. The molecule has 1 rings (SSSR count). The average Bonchev–Trinajstić information content (AvgIpc) is 2.37. The van der Waals surface area contributed by atoms with Crippen molar-refractivity contribution in [2.45, 2.75) is 52.0 Å². The monoisotopic (exact) mass is 256 g/mol. The Labute approximate surface area is 111 Å². The summed E-state index contributed by atoms with van der Waals surface area (Å²) in [4.78, 5) is 14.0. The highest BCUT2D eigenvalue weighted by atomic mass is 16.2. The molecule has 0 aromatic carbocycles. The molecular formula is C14H28N2O2. The van der Waals surface area contributed by atoms with Crippen LogP contribution in [0.4, 0.5) is 0 Å². The number of nitrogens with one attached hydrogen (secondary N) is 1. The summed E-state index contributed by atoms with van der Waals surface area (Å²) in [5.41, 5.74) is 0. The highest BCUT2D eigenvalue weighted by Crippen LogP contribution is 2.22. The van der Waals surface area contributed by atoms with Crippen LogP contribution in [-0.2, 0) is 4.79 Å². The summed E-state index contributed by atoms with van der Waals surface area (Å²) in [6.07, 6.45) is 4.57. The first kappa shape index (κ1) is 15.4. The van der Waals surface area contributed by atoms with Crippen LogP contribution in [0.5, 0.6) is 0 Å². The van der Waals surface area contributed by atoms with Gasteiger partial charge in [0.05, 0.1) is 0 Å². The van der Waals surface area contributed by atoms with Crippen LogP contribution in [0.25, 0.3) is 0 Å². The summed E-state index contributed by atoms with van der Waals surface area (Å²) in [5.74, 6) is 0.824. The normalized spacial score (nSPS) is 24.3. The zero-order valence-corrected chi connectivity index (χ0v) is 11.8. The van der Waals surface area contributed by atoms with Gasteiger partial charge >= 0.3 is 0 Å². The number of carbonyl (C=O) groups is 1. The van der Waals surface area contributed by atoms with E-state index in [0.717, 1.165) is 45.3 Å². The predicted molar refractivity (Wildman–Crippen MR) is 73.4 cm³/mol. The molecule has 106 valence electrons. The predicted octanol–water partition coefficient (Wildman–Crippen LogP) is 1.39. The van der Waals surface area contributed by atoms with Crippen LogP contribution in [0.1, 0.15) is 46.0 Å². The van der Waals surface area contributed by atoms with E-state index < -0.39 is 0 Å². The molecule has 2 unspecified atom stereocenters. The van der Waals surface area contributed by atoms with Crippen LogP contribution in [0, 0.1) is 5.92 Å². The number of aliphatic hydroxyl groups is 1. The highest BCUT2D eigenvalue weighted by Gasteiger charge is 2.28. The van der Waals surface area contributed by atoms with Crippen molar-refractivity contribution >= 4 is 5.91 Å². The van der Waals surface area contributed by atoms with Crippen LogP contribution in [-0.4, -0.2) is 48.2 Å². The van der Waals surface area contributed by atoms with Crippen LogP contribution >= 0.6 is 0 Å². The maximum atomic E-state index is 12.0. The van der Waals surface area contributed by atoms with Gasteiger partial charge in [-0.3, -0.25) is 4.79 Å². The molecule has 0 saturated carbocycles. The number of hydrogen-bond donors (Lipinski definition) is 2. The summed E-state index contributed by atoms with van der Waals surface area (Å²) in [6.45, 7) is 7.09. The standard InChI is InChI=1S/C14H28N2O2/c1-3-6-14(18)16-10-12(7-5-8-17)9-13(11-16)15-4-2/h12-13,15,17H,3-11H2,1-2H3. The van der Waals surface area contributed by atoms with E-state index in [0.29, 0.717) is 18.4 Å². The van der Waals surface area contributed by atoms with E-state index in [2.05, 4.69) is 12.2 Å². The molecule has 1 saturated heterocycles. The Morgan fingerprint density at radius 1 is 1.39 bits per heavy atom. The summed E-state index contributed by atoms with van der Waals surface area (Å²) in [6, 6.07) is 0.424. The Morgan fingerprint density at radius 3 is 2.78 bits per heavy atom. The van der Waals surface area contributed by atoms with Gasteiger partial charge in [0.15, 0.2) is 0 Å². The second kappa shape index (κ2) is 8.48. The maximum Gasteiger partial charge on any atom is 0.222 e. The smallest absolute Gasteiger partial charge is 0.222 e. The maximum absolute atomic E-state index is 12.0. The SMILES string of the molecule is CCCC(=O)N1CC(CCCO)CC(NCC)C1. The fraction of sp³-hybridized carbons (Fsp3) is 0.929. The molecule has 1 fully saturated rings. The molecule has 2 atom stereocenters. The van der Waals surface area contributed by atoms with E-state index in [1.54, 1.807) is 0 Å². The second-order valence-electron chi connectivity index (χ2n) is 5.27. The first-order valence-electron chi connectivity index (χ1n) is 7.33. The Bertz CT molecular complexity index is 246. The second-order valence-corrected chi connectivity index (χ2v) is 5.27. The minimum Gasteiger partial charge on any atom is -0.396 e. The highest BCUT2D eigenvalue weighted by molar-refractivity contribution is 5.76. The molecule has 0 aliphatic carbocycles. The van der Waals surface area contributed by atoms with Crippen LogP contribution in [0.3, 0.4) is 0 Å². The van der Waals surface area contributed by atoms with Gasteiger partial charge in [0.1, 0.15) is 0 Å². The molecule has 1 amide bonds. The third-order valence-corrected chi connectivity index (χ3v) is 3.62. The third-order valence-electron chi connectivity index (χ3n) is 3.62. The van der Waals surface area contributed by atoms with Crippen molar-refractivity contribution in [1.82, 2.24) is 10.2 Å². The zero-order valence-electron chi connectivity index (χ0n) is 11.8. The average molecular weight is 256 g/mol. The molecule has 0 radical (unpaired) electrons. The van der Waals surface area contributed by atoms with Crippen LogP contribution < -0.4 is 5.32 Å². The zero-order chi connectivity index (χ0) is 13.4. The molecule has 0 spiro atoms. The van der Waals surface area contributed by atoms with E-state index >= 15 is 0 Å². The Morgan fingerprint density at radius 2 is 2.17 bits per heavy atom.